The Bertz CT molecular complexity index is 303. The normalized spacial score (nSPS) is 26.8. The molecule has 0 amide bonds. The Balaban J connectivity index is 2.91. The summed E-state index contributed by atoms with van der Waals surface area (Å²) in [6.07, 6.45) is 0. The minimum absolute atomic E-state index is 0.0630. The molecular weight excluding hydrogens is 228 g/mol. The number of carbonyl (C=O) groups excluding carboxylic acids is 3. The largest absolute Gasteiger partial charge is 0.299 e. The van der Waals surface area contributed by atoms with Gasteiger partial charge in [0.15, 0.2) is 0 Å². The molecule has 0 aromatic carbocycles. The van der Waals surface area contributed by atoms with Crippen molar-refractivity contribution in [2.24, 2.45) is 35.5 Å². The summed E-state index contributed by atoms with van der Waals surface area (Å²) in [5.74, 6) is -1.19. The van der Waals surface area contributed by atoms with Crippen LogP contribution in [0.1, 0.15) is 41.5 Å². The van der Waals surface area contributed by atoms with Crippen molar-refractivity contribution in [3.05, 3.63) is 0 Å². The number of carbonyl (C=O) groups is 3. The van der Waals surface area contributed by atoms with Crippen molar-refractivity contribution < 1.29 is 14.4 Å². The van der Waals surface area contributed by atoms with Gasteiger partial charge in [-0.3, -0.25) is 14.4 Å². The lowest BCUT2D eigenvalue weighted by Gasteiger charge is -2.04. The fourth-order valence-electron chi connectivity index (χ4n) is 2.53. The zero-order valence-corrected chi connectivity index (χ0v) is 12.2. The van der Waals surface area contributed by atoms with E-state index in [0.717, 1.165) is 0 Å². The van der Waals surface area contributed by atoms with Crippen molar-refractivity contribution >= 4 is 17.3 Å². The molecule has 102 valence electrons. The van der Waals surface area contributed by atoms with Gasteiger partial charge in [0.25, 0.3) is 0 Å². The van der Waals surface area contributed by atoms with E-state index in [-0.39, 0.29) is 52.9 Å². The zero-order chi connectivity index (χ0) is 14.2. The van der Waals surface area contributed by atoms with Crippen molar-refractivity contribution in [3.63, 3.8) is 0 Å². The molecule has 1 rings (SSSR count). The first-order chi connectivity index (χ1) is 8.20. The van der Waals surface area contributed by atoms with Crippen LogP contribution in [0.25, 0.3) is 0 Å². The third-order valence-corrected chi connectivity index (χ3v) is 3.71. The number of ketones is 3. The first kappa shape index (κ1) is 15.1. The second-order valence-electron chi connectivity index (χ2n) is 6.25. The Morgan fingerprint density at radius 2 is 0.722 bits per heavy atom. The molecule has 0 atom stereocenters. The smallest absolute Gasteiger partial charge is 0.139 e. The summed E-state index contributed by atoms with van der Waals surface area (Å²) in [7, 11) is 0. The molecule has 0 unspecified atom stereocenters. The lowest BCUT2D eigenvalue weighted by molar-refractivity contribution is -0.128. The molecule has 18 heavy (non-hydrogen) atoms. The summed E-state index contributed by atoms with van der Waals surface area (Å²) in [4.78, 5) is 36.2. The predicted octanol–water partition coefficient (Wildman–Crippen LogP) is 2.52. The van der Waals surface area contributed by atoms with Crippen LogP contribution in [0, 0.1) is 35.5 Å². The summed E-state index contributed by atoms with van der Waals surface area (Å²) < 4.78 is 0. The third kappa shape index (κ3) is 2.70. The van der Waals surface area contributed by atoms with Gasteiger partial charge >= 0.3 is 0 Å². The average molecular weight is 252 g/mol. The van der Waals surface area contributed by atoms with Crippen LogP contribution in [-0.4, -0.2) is 17.3 Å². The topological polar surface area (TPSA) is 51.2 Å². The van der Waals surface area contributed by atoms with Crippen molar-refractivity contribution in [2.75, 3.05) is 0 Å². The van der Waals surface area contributed by atoms with Crippen LogP contribution in [0.15, 0.2) is 0 Å². The summed E-state index contributed by atoms with van der Waals surface area (Å²) >= 11 is 0. The molecule has 0 radical (unpaired) electrons. The van der Waals surface area contributed by atoms with E-state index in [1.165, 1.54) is 0 Å². The third-order valence-electron chi connectivity index (χ3n) is 3.71. The number of hydrogen-bond acceptors (Lipinski definition) is 3. The fraction of sp³-hybridized carbons (Fsp3) is 0.800. The van der Waals surface area contributed by atoms with Gasteiger partial charge in [0, 0.05) is 35.5 Å². The van der Waals surface area contributed by atoms with E-state index in [1.54, 1.807) is 0 Å². The minimum Gasteiger partial charge on any atom is -0.299 e. The van der Waals surface area contributed by atoms with E-state index in [0.29, 0.717) is 0 Å². The number of rotatable bonds is 6. The van der Waals surface area contributed by atoms with Gasteiger partial charge in [0.05, 0.1) is 0 Å². The minimum atomic E-state index is -0.352. The van der Waals surface area contributed by atoms with Crippen molar-refractivity contribution in [3.8, 4) is 0 Å². The summed E-state index contributed by atoms with van der Waals surface area (Å²) in [5, 5.41) is 0. The molecule has 3 heteroatoms. The van der Waals surface area contributed by atoms with E-state index >= 15 is 0 Å². The van der Waals surface area contributed by atoms with Gasteiger partial charge in [0.2, 0.25) is 0 Å². The highest BCUT2D eigenvalue weighted by Gasteiger charge is 2.62. The predicted molar refractivity (Wildman–Crippen MR) is 70.0 cm³/mol. The fourth-order valence-corrected chi connectivity index (χ4v) is 2.53. The molecule has 0 aliphatic heterocycles. The quantitative estimate of drug-likeness (QED) is 0.730. The van der Waals surface area contributed by atoms with E-state index in [9.17, 15) is 14.4 Å². The summed E-state index contributed by atoms with van der Waals surface area (Å²) in [6, 6.07) is 0. The molecule has 1 aliphatic carbocycles. The van der Waals surface area contributed by atoms with Crippen LogP contribution in [-0.2, 0) is 14.4 Å². The van der Waals surface area contributed by atoms with Crippen LogP contribution in [0.5, 0.6) is 0 Å². The molecular formula is C15H24O3. The highest BCUT2D eigenvalue weighted by Crippen LogP contribution is 2.51. The molecule has 0 bridgehead atoms. The number of Topliss-reactive ketones (excluding diaryl/α,β-unsaturated/α-hetero) is 3. The first-order valence-corrected chi connectivity index (χ1v) is 6.81. The Morgan fingerprint density at radius 3 is 0.833 bits per heavy atom. The molecule has 0 aromatic heterocycles. The van der Waals surface area contributed by atoms with Crippen molar-refractivity contribution in [1.82, 2.24) is 0 Å². The molecule has 1 aliphatic rings. The zero-order valence-electron chi connectivity index (χ0n) is 12.2. The van der Waals surface area contributed by atoms with Crippen molar-refractivity contribution in [1.29, 1.82) is 0 Å². The lowest BCUT2D eigenvalue weighted by Crippen LogP contribution is -2.16. The Hall–Kier alpha value is -0.990. The van der Waals surface area contributed by atoms with Crippen LogP contribution >= 0.6 is 0 Å². The molecule has 0 heterocycles. The molecule has 0 spiro atoms. The van der Waals surface area contributed by atoms with Gasteiger partial charge in [-0.15, -0.1) is 0 Å². The van der Waals surface area contributed by atoms with E-state index in [4.69, 9.17) is 0 Å². The maximum atomic E-state index is 12.1. The summed E-state index contributed by atoms with van der Waals surface area (Å²) in [5.41, 5.74) is 0. The molecule has 0 saturated heterocycles. The monoisotopic (exact) mass is 252 g/mol. The average Bonchev–Trinajstić information content (AvgIpc) is 2.99. The van der Waals surface area contributed by atoms with Gasteiger partial charge in [-0.05, 0) is 0 Å². The highest BCUT2D eigenvalue weighted by atomic mass is 16.2. The van der Waals surface area contributed by atoms with Gasteiger partial charge in [-0.2, -0.15) is 0 Å². The maximum Gasteiger partial charge on any atom is 0.139 e. The Kier molecular flexibility index (Phi) is 4.46. The molecule has 0 aromatic rings. The van der Waals surface area contributed by atoms with Crippen LogP contribution in [0.4, 0.5) is 0 Å². The van der Waals surface area contributed by atoms with Crippen LogP contribution in [0.3, 0.4) is 0 Å². The Morgan fingerprint density at radius 1 is 0.556 bits per heavy atom. The van der Waals surface area contributed by atoms with Crippen LogP contribution < -0.4 is 0 Å². The molecule has 1 fully saturated rings. The van der Waals surface area contributed by atoms with E-state index in [1.807, 2.05) is 41.5 Å². The second kappa shape index (κ2) is 5.33. The standard InChI is InChI=1S/C15H24O3/c1-7(2)13(16)10-11(14(17)8(3)4)12(10)15(18)9(5)6/h7-12H,1-6H3. The van der Waals surface area contributed by atoms with Crippen LogP contribution in [0.2, 0.25) is 0 Å². The highest BCUT2D eigenvalue weighted by molar-refractivity contribution is 6.05. The first-order valence-electron chi connectivity index (χ1n) is 6.81. The number of hydrogen-bond donors (Lipinski definition) is 0. The second-order valence-corrected chi connectivity index (χ2v) is 6.25. The molecule has 3 nitrogen and oxygen atoms in total. The van der Waals surface area contributed by atoms with E-state index in [2.05, 4.69) is 0 Å². The lowest BCUT2D eigenvalue weighted by atomic mass is 9.99. The van der Waals surface area contributed by atoms with Gasteiger partial charge in [0.1, 0.15) is 17.3 Å². The van der Waals surface area contributed by atoms with Gasteiger partial charge in [-0.1, -0.05) is 41.5 Å². The summed E-state index contributed by atoms with van der Waals surface area (Å²) in [6.45, 7) is 11.0. The Labute approximate surface area is 109 Å². The van der Waals surface area contributed by atoms with E-state index < -0.39 is 0 Å². The molecule has 0 N–H and O–H groups in total. The molecule has 1 saturated carbocycles. The van der Waals surface area contributed by atoms with Gasteiger partial charge < -0.3 is 0 Å². The SMILES string of the molecule is CC(C)C(=O)C1C(C(=O)C(C)C)C1C(=O)C(C)C. The van der Waals surface area contributed by atoms with Crippen molar-refractivity contribution in [2.45, 2.75) is 41.5 Å². The maximum absolute atomic E-state index is 12.1. The van der Waals surface area contributed by atoms with Gasteiger partial charge in [-0.25, -0.2) is 0 Å².